The number of nitrogens with zero attached hydrogens (tertiary/aromatic N) is 1. The van der Waals surface area contributed by atoms with Gasteiger partial charge in [0.05, 0.1) is 26.2 Å². The van der Waals surface area contributed by atoms with Crippen molar-refractivity contribution >= 4 is 21.8 Å². The van der Waals surface area contributed by atoms with Crippen molar-refractivity contribution in [3.63, 3.8) is 0 Å². The maximum absolute atomic E-state index is 12.1. The highest BCUT2D eigenvalue weighted by atomic mass is 79.9. The van der Waals surface area contributed by atoms with Crippen LogP contribution in [-0.4, -0.2) is 49.9 Å². The van der Waals surface area contributed by atoms with Crippen LogP contribution in [0.1, 0.15) is 18.1 Å². The topological polar surface area (TPSA) is 38.8 Å². The largest absolute Gasteiger partial charge is 0.411 e. The molecule has 0 aromatic heterocycles. The Morgan fingerprint density at radius 1 is 1.35 bits per heavy atom. The van der Waals surface area contributed by atoms with Crippen LogP contribution < -0.4 is 0 Å². The minimum atomic E-state index is -4.37. The molecule has 1 aliphatic heterocycles. The summed E-state index contributed by atoms with van der Waals surface area (Å²) in [5.74, 6) is -0.224. The Bertz CT molecular complexity index is 522. The van der Waals surface area contributed by atoms with Gasteiger partial charge in [-0.3, -0.25) is 4.79 Å². The van der Waals surface area contributed by atoms with Gasteiger partial charge in [-0.2, -0.15) is 13.2 Å². The van der Waals surface area contributed by atoms with Crippen LogP contribution in [0.4, 0.5) is 13.2 Å². The summed E-state index contributed by atoms with van der Waals surface area (Å²) in [5.41, 5.74) is 0.957. The second-order valence-electron chi connectivity index (χ2n) is 5.17. The Morgan fingerprint density at radius 3 is 2.70 bits per heavy atom. The zero-order valence-electron chi connectivity index (χ0n) is 12.3. The predicted molar refractivity (Wildman–Crippen MR) is 80.9 cm³/mol. The quantitative estimate of drug-likeness (QED) is 0.717. The number of hydrogen-bond donors (Lipinski definition) is 0. The first-order valence-corrected chi connectivity index (χ1v) is 7.94. The number of amides is 1. The third-order valence-electron chi connectivity index (χ3n) is 3.39. The van der Waals surface area contributed by atoms with E-state index in [4.69, 9.17) is 4.74 Å². The van der Waals surface area contributed by atoms with E-state index in [2.05, 4.69) is 20.7 Å². The molecule has 0 bridgehead atoms. The lowest BCUT2D eigenvalue weighted by atomic mass is 10.1. The van der Waals surface area contributed by atoms with E-state index >= 15 is 0 Å². The average Bonchev–Trinajstić information content (AvgIpc) is 2.51. The lowest BCUT2D eigenvalue weighted by Crippen LogP contribution is -2.42. The van der Waals surface area contributed by atoms with Gasteiger partial charge < -0.3 is 14.4 Å². The highest BCUT2D eigenvalue weighted by Crippen LogP contribution is 2.24. The maximum atomic E-state index is 12.1. The number of rotatable bonds is 5. The normalized spacial score (nSPS) is 19.0. The number of halogens is 4. The van der Waals surface area contributed by atoms with Gasteiger partial charge in [-0.25, -0.2) is 0 Å². The maximum Gasteiger partial charge on any atom is 0.411 e. The Kier molecular flexibility index (Phi) is 6.43. The van der Waals surface area contributed by atoms with Crippen molar-refractivity contribution in [1.82, 2.24) is 4.90 Å². The molecule has 0 radical (unpaired) electrons. The number of hydrogen-bond acceptors (Lipinski definition) is 3. The number of carbonyl (C=O) groups is 1. The van der Waals surface area contributed by atoms with Gasteiger partial charge >= 0.3 is 6.18 Å². The molecule has 0 spiro atoms. The zero-order chi connectivity index (χ0) is 16.9. The molecule has 8 heteroatoms. The molecule has 1 fully saturated rings. The van der Waals surface area contributed by atoms with E-state index in [-0.39, 0.29) is 25.0 Å². The molecule has 2 rings (SSSR count). The van der Waals surface area contributed by atoms with Crippen LogP contribution in [0.2, 0.25) is 0 Å². The molecular weight excluding hydrogens is 379 g/mol. The van der Waals surface area contributed by atoms with Crippen LogP contribution in [0.5, 0.6) is 0 Å². The zero-order valence-corrected chi connectivity index (χ0v) is 13.9. The molecular formula is C15H17BrF3NO3. The van der Waals surface area contributed by atoms with Crippen molar-refractivity contribution < 1.29 is 27.4 Å². The van der Waals surface area contributed by atoms with E-state index in [1.54, 1.807) is 4.90 Å². The van der Waals surface area contributed by atoms with Gasteiger partial charge in [0.15, 0.2) is 0 Å². The van der Waals surface area contributed by atoms with Crippen LogP contribution in [0.25, 0.3) is 0 Å². The first kappa shape index (κ1) is 18.2. The van der Waals surface area contributed by atoms with Crippen molar-refractivity contribution in [1.29, 1.82) is 0 Å². The van der Waals surface area contributed by atoms with Crippen molar-refractivity contribution in [2.75, 3.05) is 32.9 Å². The van der Waals surface area contributed by atoms with Crippen molar-refractivity contribution in [3.05, 3.63) is 34.3 Å². The molecule has 0 saturated carbocycles. The van der Waals surface area contributed by atoms with Crippen molar-refractivity contribution in [2.24, 2.45) is 0 Å². The van der Waals surface area contributed by atoms with Crippen LogP contribution in [0.15, 0.2) is 28.7 Å². The molecule has 4 nitrogen and oxygen atoms in total. The van der Waals surface area contributed by atoms with Gasteiger partial charge in [0.2, 0.25) is 5.91 Å². The van der Waals surface area contributed by atoms with Gasteiger partial charge in [-0.05, 0) is 17.7 Å². The number of carbonyl (C=O) groups excluding carboxylic acids is 1. The molecule has 23 heavy (non-hydrogen) atoms. The monoisotopic (exact) mass is 395 g/mol. The van der Waals surface area contributed by atoms with Gasteiger partial charge in [0.1, 0.15) is 12.7 Å². The van der Waals surface area contributed by atoms with Crippen LogP contribution in [0.3, 0.4) is 0 Å². The number of alkyl halides is 3. The van der Waals surface area contributed by atoms with E-state index in [1.165, 1.54) is 0 Å². The SMILES string of the molecule is O=C(CCOCC(F)(F)F)N1CCOC(c2ccc(Br)cc2)C1. The summed E-state index contributed by atoms with van der Waals surface area (Å²) in [5, 5.41) is 0. The summed E-state index contributed by atoms with van der Waals surface area (Å²) in [6.45, 7) is -0.343. The van der Waals surface area contributed by atoms with E-state index < -0.39 is 12.8 Å². The van der Waals surface area contributed by atoms with Gasteiger partial charge in [-0.1, -0.05) is 28.1 Å². The molecule has 0 aliphatic carbocycles. The van der Waals surface area contributed by atoms with Gasteiger partial charge in [-0.15, -0.1) is 0 Å². The first-order valence-electron chi connectivity index (χ1n) is 7.14. The smallest absolute Gasteiger partial charge is 0.372 e. The molecule has 1 amide bonds. The molecule has 1 aromatic carbocycles. The lowest BCUT2D eigenvalue weighted by molar-refractivity contribution is -0.175. The summed E-state index contributed by atoms with van der Waals surface area (Å²) in [6, 6.07) is 7.61. The summed E-state index contributed by atoms with van der Waals surface area (Å²) in [4.78, 5) is 13.7. The van der Waals surface area contributed by atoms with E-state index in [9.17, 15) is 18.0 Å². The Balaban J connectivity index is 1.81. The molecule has 1 saturated heterocycles. The lowest BCUT2D eigenvalue weighted by Gasteiger charge is -2.33. The minimum absolute atomic E-state index is 0.0663. The van der Waals surface area contributed by atoms with Gasteiger partial charge in [0, 0.05) is 11.0 Å². The second kappa shape index (κ2) is 8.12. The summed E-state index contributed by atoms with van der Waals surface area (Å²) in [7, 11) is 0. The van der Waals surface area contributed by atoms with Crippen molar-refractivity contribution in [2.45, 2.75) is 18.7 Å². The Hall–Kier alpha value is -1.12. The van der Waals surface area contributed by atoms with E-state index in [0.29, 0.717) is 19.7 Å². The Labute approximate surface area is 140 Å². The highest BCUT2D eigenvalue weighted by Gasteiger charge is 2.28. The van der Waals surface area contributed by atoms with Crippen LogP contribution in [0, 0.1) is 0 Å². The Morgan fingerprint density at radius 2 is 2.04 bits per heavy atom. The third-order valence-corrected chi connectivity index (χ3v) is 3.92. The standard InChI is InChI=1S/C15H17BrF3NO3/c16-12-3-1-11(2-4-12)13-9-20(6-8-23-13)14(21)5-7-22-10-15(17,18)19/h1-4,13H,5-10H2. The second-order valence-corrected chi connectivity index (χ2v) is 6.08. The molecule has 1 atom stereocenters. The predicted octanol–water partition coefficient (Wildman–Crippen LogP) is 3.32. The fourth-order valence-electron chi connectivity index (χ4n) is 2.26. The van der Waals surface area contributed by atoms with Gasteiger partial charge in [0.25, 0.3) is 0 Å². The van der Waals surface area contributed by atoms with Crippen molar-refractivity contribution in [3.8, 4) is 0 Å². The highest BCUT2D eigenvalue weighted by molar-refractivity contribution is 9.10. The summed E-state index contributed by atoms with van der Waals surface area (Å²) >= 11 is 3.35. The third kappa shape index (κ3) is 6.12. The first-order chi connectivity index (χ1) is 10.8. The average molecular weight is 396 g/mol. The molecule has 1 aromatic rings. The molecule has 128 valence electrons. The molecule has 1 aliphatic rings. The molecule has 0 N–H and O–H groups in total. The fraction of sp³-hybridized carbons (Fsp3) is 0.533. The number of benzene rings is 1. The molecule has 1 heterocycles. The van der Waals surface area contributed by atoms with Crippen LogP contribution in [-0.2, 0) is 14.3 Å². The minimum Gasteiger partial charge on any atom is -0.372 e. The van der Waals surface area contributed by atoms with Crippen LogP contribution >= 0.6 is 15.9 Å². The summed E-state index contributed by atoms with van der Waals surface area (Å²) in [6.07, 6.45) is -4.66. The van der Waals surface area contributed by atoms with E-state index in [1.807, 2.05) is 24.3 Å². The summed E-state index contributed by atoms with van der Waals surface area (Å²) < 4.78 is 47.0. The fourth-order valence-corrected chi connectivity index (χ4v) is 2.52. The molecule has 1 unspecified atom stereocenters. The number of morpholine rings is 1. The van der Waals surface area contributed by atoms with E-state index in [0.717, 1.165) is 10.0 Å². The number of ether oxygens (including phenoxy) is 2.